The quantitative estimate of drug-likeness (QED) is 0.784. The number of amides is 1. The molecule has 1 N–H and O–H groups in total. The minimum atomic E-state index is -0.137. The molecule has 17 heavy (non-hydrogen) atoms. The van der Waals surface area contributed by atoms with E-state index < -0.39 is 0 Å². The Hall–Kier alpha value is -1.62. The van der Waals surface area contributed by atoms with Crippen LogP contribution in [0.3, 0.4) is 0 Å². The fraction of sp³-hybridized carbons (Fsp3) is 0.500. The van der Waals surface area contributed by atoms with E-state index in [9.17, 15) is 4.79 Å². The van der Waals surface area contributed by atoms with Gasteiger partial charge in [-0.3, -0.25) is 4.79 Å². The molecule has 2 atom stereocenters. The molecule has 0 saturated carbocycles. The first kappa shape index (κ1) is 10.5. The summed E-state index contributed by atoms with van der Waals surface area (Å²) in [5, 5.41) is 2.90. The lowest BCUT2D eigenvalue weighted by molar-refractivity contribution is -0.117. The summed E-state index contributed by atoms with van der Waals surface area (Å²) in [6, 6.07) is 3.68. The van der Waals surface area contributed by atoms with Crippen LogP contribution >= 0.6 is 0 Å². The van der Waals surface area contributed by atoms with Crippen molar-refractivity contribution < 1.29 is 9.53 Å². The smallest absolute Gasteiger partial charge is 0.247 e. The number of methoxy groups -OCH3 is 1. The Morgan fingerprint density at radius 3 is 3.12 bits per heavy atom. The fourth-order valence-corrected chi connectivity index (χ4v) is 2.53. The average Bonchev–Trinajstić information content (AvgIpc) is 2.75. The molecule has 3 heterocycles. The molecule has 0 aromatic carbocycles. The van der Waals surface area contributed by atoms with Crippen LogP contribution in [0.5, 0.6) is 0 Å². The third-order valence-electron chi connectivity index (χ3n) is 3.44. The van der Waals surface area contributed by atoms with E-state index in [-0.39, 0.29) is 18.1 Å². The van der Waals surface area contributed by atoms with Gasteiger partial charge >= 0.3 is 0 Å². The topological polar surface area (TPSA) is 54.5 Å². The molecular weight excluding hydrogens is 218 g/mol. The molecule has 0 spiro atoms. The number of hydrogen-bond donors (Lipinski definition) is 1. The van der Waals surface area contributed by atoms with E-state index in [2.05, 4.69) is 15.2 Å². The number of fused-ring (bicyclic) bond motifs is 3. The van der Waals surface area contributed by atoms with Crippen LogP contribution in [-0.2, 0) is 9.53 Å². The zero-order valence-corrected chi connectivity index (χ0v) is 9.93. The third kappa shape index (κ3) is 1.58. The molecule has 1 aromatic rings. The first-order valence-electron chi connectivity index (χ1n) is 5.77. The number of anilines is 2. The van der Waals surface area contributed by atoms with Crippen LogP contribution in [0.25, 0.3) is 0 Å². The number of aromatic nitrogens is 1. The minimum absolute atomic E-state index is 0.0442. The summed E-state index contributed by atoms with van der Waals surface area (Å²) >= 11 is 0. The molecule has 2 unspecified atom stereocenters. The SMILES string of the molecule is COC1CC2C(=O)Nc3ccc(C)nc3N2C1. The third-order valence-corrected chi connectivity index (χ3v) is 3.44. The second-order valence-electron chi connectivity index (χ2n) is 4.57. The zero-order valence-electron chi connectivity index (χ0n) is 9.93. The van der Waals surface area contributed by atoms with Crippen molar-refractivity contribution in [3.63, 3.8) is 0 Å². The minimum Gasteiger partial charge on any atom is -0.380 e. The number of aryl methyl sites for hydroxylation is 1. The van der Waals surface area contributed by atoms with Gasteiger partial charge in [0.1, 0.15) is 6.04 Å². The van der Waals surface area contributed by atoms with Crippen molar-refractivity contribution in [2.75, 3.05) is 23.9 Å². The van der Waals surface area contributed by atoms with Crippen molar-refractivity contribution in [3.05, 3.63) is 17.8 Å². The van der Waals surface area contributed by atoms with Crippen molar-refractivity contribution in [3.8, 4) is 0 Å². The number of carbonyl (C=O) groups excluding carboxylic acids is 1. The van der Waals surface area contributed by atoms with Crippen LogP contribution in [0.4, 0.5) is 11.5 Å². The Bertz CT molecular complexity index is 475. The highest BCUT2D eigenvalue weighted by molar-refractivity contribution is 6.03. The average molecular weight is 233 g/mol. The van der Waals surface area contributed by atoms with Crippen molar-refractivity contribution in [2.24, 2.45) is 0 Å². The number of nitrogens with zero attached hydrogens (tertiary/aromatic N) is 2. The second-order valence-corrected chi connectivity index (χ2v) is 4.57. The van der Waals surface area contributed by atoms with Gasteiger partial charge in [0.15, 0.2) is 5.82 Å². The van der Waals surface area contributed by atoms with Gasteiger partial charge < -0.3 is 15.0 Å². The normalized spacial score (nSPS) is 26.5. The van der Waals surface area contributed by atoms with Crippen molar-refractivity contribution in [1.29, 1.82) is 0 Å². The number of carbonyl (C=O) groups is 1. The van der Waals surface area contributed by atoms with Crippen LogP contribution < -0.4 is 10.2 Å². The number of pyridine rings is 1. The van der Waals surface area contributed by atoms with Crippen LogP contribution in [-0.4, -0.2) is 36.7 Å². The molecule has 5 nitrogen and oxygen atoms in total. The Morgan fingerprint density at radius 1 is 1.53 bits per heavy atom. The van der Waals surface area contributed by atoms with Gasteiger partial charge in [0.25, 0.3) is 0 Å². The van der Waals surface area contributed by atoms with Crippen LogP contribution in [0.15, 0.2) is 12.1 Å². The van der Waals surface area contributed by atoms with E-state index >= 15 is 0 Å². The van der Waals surface area contributed by atoms with Gasteiger partial charge in [0.05, 0.1) is 11.8 Å². The van der Waals surface area contributed by atoms with Gasteiger partial charge in [0, 0.05) is 25.8 Å². The molecule has 2 aliphatic rings. The Kier molecular flexibility index (Phi) is 2.29. The number of hydrogen-bond acceptors (Lipinski definition) is 4. The lowest BCUT2D eigenvalue weighted by Crippen LogP contribution is -2.44. The summed E-state index contributed by atoms with van der Waals surface area (Å²) in [5.74, 6) is 0.914. The van der Waals surface area contributed by atoms with Gasteiger partial charge in [-0.2, -0.15) is 0 Å². The molecule has 5 heteroatoms. The Morgan fingerprint density at radius 2 is 2.35 bits per heavy atom. The predicted octanol–water partition coefficient (Wildman–Crippen LogP) is 0.936. The Labute approximate surface area is 99.8 Å². The summed E-state index contributed by atoms with van der Waals surface area (Å²) in [5.41, 5.74) is 1.76. The molecule has 90 valence electrons. The van der Waals surface area contributed by atoms with E-state index in [4.69, 9.17) is 4.74 Å². The molecule has 1 fully saturated rings. The van der Waals surface area contributed by atoms with Gasteiger partial charge in [-0.25, -0.2) is 4.98 Å². The lowest BCUT2D eigenvalue weighted by Gasteiger charge is -2.31. The number of nitrogens with one attached hydrogen (secondary N) is 1. The highest BCUT2D eigenvalue weighted by Crippen LogP contribution is 2.35. The highest BCUT2D eigenvalue weighted by Gasteiger charge is 2.41. The number of ether oxygens (including phenoxy) is 1. The summed E-state index contributed by atoms with van der Waals surface area (Å²) in [7, 11) is 1.69. The zero-order chi connectivity index (χ0) is 12.0. The number of rotatable bonds is 1. The summed E-state index contributed by atoms with van der Waals surface area (Å²) in [6.07, 6.45) is 0.844. The summed E-state index contributed by atoms with van der Waals surface area (Å²) in [4.78, 5) is 18.5. The summed E-state index contributed by atoms with van der Waals surface area (Å²) < 4.78 is 5.35. The van der Waals surface area contributed by atoms with Gasteiger partial charge in [-0.15, -0.1) is 0 Å². The predicted molar refractivity (Wildman–Crippen MR) is 64.2 cm³/mol. The van der Waals surface area contributed by atoms with E-state index in [0.717, 1.165) is 30.2 Å². The van der Waals surface area contributed by atoms with Gasteiger partial charge in [-0.05, 0) is 19.1 Å². The van der Waals surface area contributed by atoms with E-state index in [1.54, 1.807) is 7.11 Å². The van der Waals surface area contributed by atoms with Crippen LogP contribution in [0, 0.1) is 6.92 Å². The summed E-state index contributed by atoms with van der Waals surface area (Å²) in [6.45, 7) is 2.69. The van der Waals surface area contributed by atoms with Crippen molar-refractivity contribution >= 4 is 17.4 Å². The maximum atomic E-state index is 11.9. The standard InChI is InChI=1S/C12H15N3O2/c1-7-3-4-9-11(13-7)15-6-8(17-2)5-10(15)12(16)14-9/h3-4,8,10H,5-6H2,1-2H3,(H,14,16). The maximum Gasteiger partial charge on any atom is 0.247 e. The molecule has 1 saturated heterocycles. The fourth-order valence-electron chi connectivity index (χ4n) is 2.53. The molecular formula is C12H15N3O2. The van der Waals surface area contributed by atoms with Gasteiger partial charge in [0.2, 0.25) is 5.91 Å². The van der Waals surface area contributed by atoms with Crippen LogP contribution in [0.2, 0.25) is 0 Å². The van der Waals surface area contributed by atoms with E-state index in [1.807, 2.05) is 19.1 Å². The van der Waals surface area contributed by atoms with Crippen molar-refractivity contribution in [2.45, 2.75) is 25.5 Å². The molecule has 1 amide bonds. The monoisotopic (exact) mass is 233 g/mol. The first-order chi connectivity index (χ1) is 8.19. The second kappa shape index (κ2) is 3.70. The molecule has 1 aromatic heterocycles. The highest BCUT2D eigenvalue weighted by atomic mass is 16.5. The first-order valence-corrected chi connectivity index (χ1v) is 5.77. The molecule has 0 radical (unpaired) electrons. The Balaban J connectivity index is 2.03. The molecule has 3 rings (SSSR count). The maximum absolute atomic E-state index is 11.9. The van der Waals surface area contributed by atoms with E-state index in [0.29, 0.717) is 0 Å². The van der Waals surface area contributed by atoms with Crippen LogP contribution in [0.1, 0.15) is 12.1 Å². The largest absolute Gasteiger partial charge is 0.380 e. The molecule has 2 aliphatic heterocycles. The molecule has 0 bridgehead atoms. The van der Waals surface area contributed by atoms with Gasteiger partial charge in [-0.1, -0.05) is 0 Å². The van der Waals surface area contributed by atoms with E-state index in [1.165, 1.54) is 0 Å². The van der Waals surface area contributed by atoms with Crippen molar-refractivity contribution in [1.82, 2.24) is 4.98 Å². The lowest BCUT2D eigenvalue weighted by atomic mass is 10.1. The molecule has 0 aliphatic carbocycles.